The Kier molecular flexibility index (Phi) is 3.56. The van der Waals surface area contributed by atoms with E-state index in [1.54, 1.807) is 6.07 Å². The number of aliphatic hydroxyl groups is 1. The quantitative estimate of drug-likeness (QED) is 0.657. The zero-order chi connectivity index (χ0) is 16.8. The Morgan fingerprint density at radius 3 is 2.58 bits per heavy atom. The number of nitrogens with one attached hydrogen (secondary N) is 1. The average Bonchev–Trinajstić information content (AvgIpc) is 2.81. The first-order chi connectivity index (χ1) is 11.6. The zero-order valence-electron chi connectivity index (χ0n) is 13.7. The van der Waals surface area contributed by atoms with Crippen LogP contribution in [0.2, 0.25) is 0 Å². The smallest absolute Gasteiger partial charge is 0.256 e. The fraction of sp³-hybridized carbons (Fsp3) is 0.350. The molecule has 1 aliphatic heterocycles. The van der Waals surface area contributed by atoms with Crippen LogP contribution in [0.1, 0.15) is 51.0 Å². The standard InChI is InChI=1S/C20H20FNO2/c1-11-4-2-5-13-14(6-3-7-15(13)19(11)23)18-16-10-12(21)8-9-17(16)22-20(18)24/h8-10,23H,2-7H2,1H3,(H,22,24)/b18-14-. The lowest BCUT2D eigenvalue weighted by molar-refractivity contribution is -0.110. The number of allylic oxidation sites excluding steroid dienone is 4. The van der Waals surface area contributed by atoms with Crippen LogP contribution in [0.4, 0.5) is 10.1 Å². The Bertz CT molecular complexity index is 845. The molecule has 0 spiro atoms. The number of rotatable bonds is 0. The molecule has 1 aromatic carbocycles. The van der Waals surface area contributed by atoms with Gasteiger partial charge in [-0.05, 0) is 85.9 Å². The predicted molar refractivity (Wildman–Crippen MR) is 92.0 cm³/mol. The highest BCUT2D eigenvalue weighted by Gasteiger charge is 2.32. The fourth-order valence-corrected chi connectivity index (χ4v) is 4.11. The first kappa shape index (κ1) is 15.2. The van der Waals surface area contributed by atoms with Crippen molar-refractivity contribution in [2.75, 3.05) is 5.32 Å². The molecule has 24 heavy (non-hydrogen) atoms. The van der Waals surface area contributed by atoms with Gasteiger partial charge in [-0.1, -0.05) is 0 Å². The summed E-state index contributed by atoms with van der Waals surface area (Å²) in [5.41, 5.74) is 5.99. The van der Waals surface area contributed by atoms with Crippen molar-refractivity contribution in [1.29, 1.82) is 0 Å². The van der Waals surface area contributed by atoms with Gasteiger partial charge in [0, 0.05) is 11.3 Å². The SMILES string of the molecule is CC1=C(O)C2=C(CCC1)/C(=C1\C(=O)Nc3ccc(F)cc31)CCC2. The van der Waals surface area contributed by atoms with E-state index in [1.807, 2.05) is 6.92 Å². The van der Waals surface area contributed by atoms with Crippen LogP contribution in [0.3, 0.4) is 0 Å². The van der Waals surface area contributed by atoms with E-state index in [4.69, 9.17) is 0 Å². The lowest BCUT2D eigenvalue weighted by Gasteiger charge is -2.24. The van der Waals surface area contributed by atoms with E-state index in [0.717, 1.165) is 60.8 Å². The highest BCUT2D eigenvalue weighted by molar-refractivity contribution is 6.32. The molecule has 1 amide bonds. The minimum Gasteiger partial charge on any atom is -0.508 e. The van der Waals surface area contributed by atoms with Crippen LogP contribution >= 0.6 is 0 Å². The molecule has 0 radical (unpaired) electrons. The third-order valence-electron chi connectivity index (χ3n) is 5.28. The van der Waals surface area contributed by atoms with Crippen molar-refractivity contribution >= 4 is 17.2 Å². The maximum atomic E-state index is 13.7. The Labute approximate surface area is 140 Å². The predicted octanol–water partition coefficient (Wildman–Crippen LogP) is 5.03. The summed E-state index contributed by atoms with van der Waals surface area (Å²) < 4.78 is 13.7. The normalized spacial score (nSPS) is 23.8. The number of amides is 1. The van der Waals surface area contributed by atoms with Crippen molar-refractivity contribution in [1.82, 2.24) is 0 Å². The van der Waals surface area contributed by atoms with Crippen molar-refractivity contribution in [2.45, 2.75) is 45.4 Å². The molecule has 3 nitrogen and oxygen atoms in total. The van der Waals surface area contributed by atoms with Crippen LogP contribution in [0.25, 0.3) is 5.57 Å². The van der Waals surface area contributed by atoms with E-state index < -0.39 is 0 Å². The molecule has 0 saturated heterocycles. The molecule has 0 unspecified atom stereocenters. The first-order valence-corrected chi connectivity index (χ1v) is 8.52. The van der Waals surface area contributed by atoms with Gasteiger partial charge in [0.2, 0.25) is 0 Å². The molecule has 0 bridgehead atoms. The van der Waals surface area contributed by atoms with Crippen molar-refractivity contribution in [3.63, 3.8) is 0 Å². The number of fused-ring (bicyclic) bond motifs is 1. The second kappa shape index (κ2) is 5.62. The van der Waals surface area contributed by atoms with Crippen LogP contribution in [-0.2, 0) is 4.79 Å². The molecule has 2 aliphatic carbocycles. The van der Waals surface area contributed by atoms with E-state index in [0.29, 0.717) is 22.6 Å². The minimum absolute atomic E-state index is 0.163. The topological polar surface area (TPSA) is 49.3 Å². The zero-order valence-corrected chi connectivity index (χ0v) is 13.7. The molecule has 0 aromatic heterocycles. The Balaban J connectivity index is 1.95. The molecule has 2 N–H and O–H groups in total. The van der Waals surface area contributed by atoms with Crippen molar-refractivity contribution in [3.8, 4) is 0 Å². The van der Waals surface area contributed by atoms with E-state index in [-0.39, 0.29) is 11.7 Å². The Morgan fingerprint density at radius 1 is 1.04 bits per heavy atom. The number of benzene rings is 1. The van der Waals surface area contributed by atoms with Gasteiger partial charge >= 0.3 is 0 Å². The number of halogens is 1. The minimum atomic E-state index is -0.340. The summed E-state index contributed by atoms with van der Waals surface area (Å²) in [6, 6.07) is 4.41. The van der Waals surface area contributed by atoms with Gasteiger partial charge in [-0.2, -0.15) is 0 Å². The summed E-state index contributed by atoms with van der Waals surface area (Å²) in [4.78, 5) is 12.6. The largest absolute Gasteiger partial charge is 0.508 e. The van der Waals surface area contributed by atoms with E-state index >= 15 is 0 Å². The molecule has 3 aliphatic rings. The number of carbonyl (C=O) groups is 1. The Morgan fingerprint density at radius 2 is 1.75 bits per heavy atom. The number of carbonyl (C=O) groups excluding carboxylic acids is 1. The van der Waals surface area contributed by atoms with Crippen LogP contribution in [0, 0.1) is 5.82 Å². The van der Waals surface area contributed by atoms with Gasteiger partial charge < -0.3 is 10.4 Å². The summed E-state index contributed by atoms with van der Waals surface area (Å²) in [5.74, 6) is -0.102. The lowest BCUT2D eigenvalue weighted by Crippen LogP contribution is -2.11. The molecular weight excluding hydrogens is 305 g/mol. The third kappa shape index (κ3) is 2.29. The summed E-state index contributed by atoms with van der Waals surface area (Å²) >= 11 is 0. The van der Waals surface area contributed by atoms with Crippen LogP contribution < -0.4 is 5.32 Å². The van der Waals surface area contributed by atoms with Gasteiger partial charge in [-0.15, -0.1) is 0 Å². The molecule has 1 heterocycles. The molecule has 0 saturated carbocycles. The fourth-order valence-electron chi connectivity index (χ4n) is 4.11. The molecule has 0 atom stereocenters. The lowest BCUT2D eigenvalue weighted by atomic mass is 9.81. The van der Waals surface area contributed by atoms with Crippen LogP contribution in [0.5, 0.6) is 0 Å². The Hall–Kier alpha value is -2.36. The van der Waals surface area contributed by atoms with Crippen molar-refractivity contribution in [2.24, 2.45) is 0 Å². The van der Waals surface area contributed by atoms with Crippen molar-refractivity contribution < 1.29 is 14.3 Å². The number of anilines is 1. The van der Waals surface area contributed by atoms with Gasteiger partial charge in [0.25, 0.3) is 5.91 Å². The summed E-state index contributed by atoms with van der Waals surface area (Å²) in [6.45, 7) is 1.97. The van der Waals surface area contributed by atoms with Crippen LogP contribution in [-0.4, -0.2) is 11.0 Å². The van der Waals surface area contributed by atoms with E-state index in [1.165, 1.54) is 12.1 Å². The second-order valence-corrected chi connectivity index (χ2v) is 6.79. The van der Waals surface area contributed by atoms with Crippen LogP contribution in [0.15, 0.2) is 46.3 Å². The molecule has 4 heteroatoms. The van der Waals surface area contributed by atoms with Crippen molar-refractivity contribution in [3.05, 3.63) is 57.6 Å². The van der Waals surface area contributed by atoms with E-state index in [9.17, 15) is 14.3 Å². The molecule has 4 rings (SSSR count). The maximum absolute atomic E-state index is 13.7. The summed E-state index contributed by atoms with van der Waals surface area (Å²) in [7, 11) is 0. The van der Waals surface area contributed by atoms with Gasteiger partial charge in [0.05, 0.1) is 5.57 Å². The monoisotopic (exact) mass is 325 g/mol. The highest BCUT2D eigenvalue weighted by atomic mass is 19.1. The molecule has 124 valence electrons. The first-order valence-electron chi connectivity index (χ1n) is 8.52. The van der Waals surface area contributed by atoms with Gasteiger partial charge in [0.1, 0.15) is 11.6 Å². The van der Waals surface area contributed by atoms with Gasteiger partial charge in [-0.25, -0.2) is 4.39 Å². The third-order valence-corrected chi connectivity index (χ3v) is 5.28. The molecule has 1 aromatic rings. The summed E-state index contributed by atoms with van der Waals surface area (Å²) in [5, 5.41) is 13.4. The van der Waals surface area contributed by atoms with E-state index in [2.05, 4.69) is 5.32 Å². The molecule has 0 fully saturated rings. The van der Waals surface area contributed by atoms with Gasteiger partial charge in [0.15, 0.2) is 0 Å². The summed E-state index contributed by atoms with van der Waals surface area (Å²) in [6.07, 6.45) is 5.22. The highest BCUT2D eigenvalue weighted by Crippen LogP contribution is 2.45. The van der Waals surface area contributed by atoms with Gasteiger partial charge in [-0.3, -0.25) is 4.79 Å². The number of hydrogen-bond donors (Lipinski definition) is 2. The number of aliphatic hydroxyl groups excluding tert-OH is 1. The molecular formula is C20H20FNO2. The average molecular weight is 325 g/mol. The number of hydrogen-bond acceptors (Lipinski definition) is 2. The second-order valence-electron chi connectivity index (χ2n) is 6.79. The maximum Gasteiger partial charge on any atom is 0.256 e.